The average Bonchev–Trinajstić information content (AvgIpc) is 3.12. The fourth-order valence-electron chi connectivity index (χ4n) is 5.48. The molecule has 1 N–H and O–H groups in total. The van der Waals surface area contributed by atoms with Gasteiger partial charge in [0.2, 0.25) is 0 Å². The molecule has 0 aromatic carbocycles. The summed E-state index contributed by atoms with van der Waals surface area (Å²) in [5.74, 6) is -0.864. The zero-order valence-electron chi connectivity index (χ0n) is 35.2. The Labute approximate surface area is 331 Å². The lowest BCUT2D eigenvalue weighted by molar-refractivity contribution is -0.870. The van der Waals surface area contributed by atoms with E-state index in [9.17, 15) is 19.0 Å². The highest BCUT2D eigenvalue weighted by Gasteiger charge is 2.27. The first-order chi connectivity index (χ1) is 26.0. The minimum absolute atomic E-state index is 0.0212. The van der Waals surface area contributed by atoms with E-state index in [1.165, 1.54) is 89.9 Å². The monoisotopic (exact) mass is 785 g/mol. The van der Waals surface area contributed by atoms with Crippen LogP contribution in [0.3, 0.4) is 0 Å². The van der Waals surface area contributed by atoms with Crippen LogP contribution in [0.15, 0.2) is 48.6 Å². The van der Waals surface area contributed by atoms with E-state index in [1.54, 1.807) is 0 Å². The number of rotatable bonds is 38. The number of quaternary nitrogens is 1. The molecule has 54 heavy (non-hydrogen) atoms. The van der Waals surface area contributed by atoms with Gasteiger partial charge in [0.15, 0.2) is 6.10 Å². The van der Waals surface area contributed by atoms with Crippen LogP contribution in [0.2, 0.25) is 0 Å². The Morgan fingerprint density at radius 2 is 1.11 bits per heavy atom. The molecule has 0 spiro atoms. The topological polar surface area (TPSA) is 108 Å². The first-order valence-corrected chi connectivity index (χ1v) is 22.9. The van der Waals surface area contributed by atoms with Gasteiger partial charge in [-0.3, -0.25) is 18.6 Å². The molecule has 0 aliphatic heterocycles. The molecule has 9 nitrogen and oxygen atoms in total. The SMILES string of the molecule is CCCCCC=CCC=CCC=CCC=CCCCC(=O)O[C@H](CO[14C](=O)CCCCCCCCCCCCCCC)COP(=O)(O)OCC[N+](C)(C)C. The van der Waals surface area contributed by atoms with Gasteiger partial charge in [-0.25, -0.2) is 4.57 Å². The van der Waals surface area contributed by atoms with Crippen molar-refractivity contribution in [1.82, 2.24) is 0 Å². The van der Waals surface area contributed by atoms with Crippen LogP contribution in [-0.2, 0) is 32.7 Å². The third kappa shape index (κ3) is 39.7. The standard InChI is InChI=1S/C44H80NO8P/c1-6-8-10-12-14-16-18-20-21-22-23-25-27-29-31-33-35-37-44(47)53-42(41-52-54(48,49)51-39-38-45(3,4)5)40-50-43(46)36-34-32-30-28-26-24-19-17-15-13-11-9-7-2/h14,16,20-21,23,25,29,31,42H,6-13,15,17-19,22,24,26-28,30,32-41H2,1-5H3/p+1/t42-/m1/s1/i43+2. The van der Waals surface area contributed by atoms with Gasteiger partial charge in [0.05, 0.1) is 27.7 Å². The number of likely N-dealkylation sites (N-methyl/N-ethyl adjacent to an activating group) is 1. The van der Waals surface area contributed by atoms with Gasteiger partial charge in [0.1, 0.15) is 19.8 Å². The molecule has 0 amide bonds. The minimum atomic E-state index is -4.39. The first-order valence-electron chi connectivity index (χ1n) is 21.4. The van der Waals surface area contributed by atoms with Crippen LogP contribution < -0.4 is 0 Å². The van der Waals surface area contributed by atoms with E-state index in [4.69, 9.17) is 18.5 Å². The number of phosphoric ester groups is 1. The van der Waals surface area contributed by atoms with Gasteiger partial charge in [-0.15, -0.1) is 0 Å². The second kappa shape index (κ2) is 36.6. The van der Waals surface area contributed by atoms with E-state index in [0.717, 1.165) is 38.5 Å². The Hall–Kier alpha value is -2.03. The molecule has 0 saturated heterocycles. The van der Waals surface area contributed by atoms with Crippen LogP contribution in [0.4, 0.5) is 0 Å². The molecule has 0 bridgehead atoms. The summed E-state index contributed by atoms with van der Waals surface area (Å²) < 4.78 is 34.2. The summed E-state index contributed by atoms with van der Waals surface area (Å²) in [5, 5.41) is 0. The van der Waals surface area contributed by atoms with E-state index >= 15 is 0 Å². The summed E-state index contributed by atoms with van der Waals surface area (Å²) in [7, 11) is 1.44. The number of ether oxygens (including phenoxy) is 2. The van der Waals surface area contributed by atoms with Crippen molar-refractivity contribution in [2.75, 3.05) is 47.5 Å². The minimum Gasteiger partial charge on any atom is -0.462 e. The van der Waals surface area contributed by atoms with Crippen molar-refractivity contribution in [2.45, 2.75) is 174 Å². The van der Waals surface area contributed by atoms with E-state index in [0.29, 0.717) is 23.9 Å². The Bertz CT molecular complexity index is 1070. The number of unbranched alkanes of at least 4 members (excludes halogenated alkanes) is 16. The van der Waals surface area contributed by atoms with Gasteiger partial charge in [0.25, 0.3) is 0 Å². The van der Waals surface area contributed by atoms with Crippen LogP contribution in [0, 0.1) is 0 Å². The number of carbonyl (C=O) groups is 2. The van der Waals surface area contributed by atoms with Crippen molar-refractivity contribution in [1.29, 1.82) is 0 Å². The van der Waals surface area contributed by atoms with Crippen molar-refractivity contribution in [3.8, 4) is 0 Å². The van der Waals surface area contributed by atoms with Gasteiger partial charge in [-0.05, 0) is 51.4 Å². The first kappa shape index (κ1) is 52.0. The zero-order chi connectivity index (χ0) is 40.0. The number of allylic oxidation sites excluding steroid dienone is 8. The van der Waals surface area contributed by atoms with E-state index in [-0.39, 0.29) is 32.0 Å². The van der Waals surface area contributed by atoms with Gasteiger partial charge in [0, 0.05) is 12.8 Å². The molecule has 314 valence electrons. The maximum Gasteiger partial charge on any atom is 0.472 e. The second-order valence-corrected chi connectivity index (χ2v) is 16.8. The smallest absolute Gasteiger partial charge is 0.462 e. The van der Waals surface area contributed by atoms with Crippen LogP contribution in [0.25, 0.3) is 0 Å². The van der Waals surface area contributed by atoms with Crippen molar-refractivity contribution >= 4 is 19.8 Å². The average molecular weight is 785 g/mol. The number of carbonyl (C=O) groups excluding carboxylic acids is 2. The zero-order valence-corrected chi connectivity index (χ0v) is 36.1. The van der Waals surface area contributed by atoms with Gasteiger partial charge in [-0.2, -0.15) is 0 Å². The predicted octanol–water partition coefficient (Wildman–Crippen LogP) is 11.9. The molecule has 0 fully saturated rings. The lowest BCUT2D eigenvalue weighted by Crippen LogP contribution is -2.37. The number of esters is 2. The van der Waals surface area contributed by atoms with Gasteiger partial charge in [-0.1, -0.05) is 152 Å². The largest absolute Gasteiger partial charge is 0.472 e. The summed E-state index contributed by atoms with van der Waals surface area (Å²) in [6, 6.07) is 0. The fraction of sp³-hybridized carbons (Fsp3) is 0.773. The molecule has 0 aliphatic rings. The Morgan fingerprint density at radius 1 is 0.648 bits per heavy atom. The highest BCUT2D eigenvalue weighted by Crippen LogP contribution is 2.43. The molecular weight excluding hydrogens is 703 g/mol. The number of hydrogen-bond donors (Lipinski definition) is 1. The quantitative estimate of drug-likeness (QED) is 0.0217. The molecule has 10 heteroatoms. The van der Waals surface area contributed by atoms with E-state index in [2.05, 4.69) is 56.4 Å². The molecule has 2 atom stereocenters. The lowest BCUT2D eigenvalue weighted by atomic mass is 10.0. The second-order valence-electron chi connectivity index (χ2n) is 15.4. The fourth-order valence-corrected chi connectivity index (χ4v) is 6.22. The Morgan fingerprint density at radius 3 is 1.63 bits per heavy atom. The third-order valence-electron chi connectivity index (χ3n) is 8.86. The molecule has 1 unspecified atom stereocenters. The molecule has 0 radical (unpaired) electrons. The molecule has 0 rings (SSSR count). The number of hydrogen-bond acceptors (Lipinski definition) is 7. The van der Waals surface area contributed by atoms with Gasteiger partial charge >= 0.3 is 19.8 Å². The molecule has 0 aromatic heterocycles. The lowest BCUT2D eigenvalue weighted by Gasteiger charge is -2.24. The van der Waals surface area contributed by atoms with E-state index in [1.807, 2.05) is 27.2 Å². The van der Waals surface area contributed by atoms with Crippen LogP contribution in [-0.4, -0.2) is 74.9 Å². The third-order valence-corrected chi connectivity index (χ3v) is 9.85. The maximum absolute atomic E-state index is 12.6. The maximum atomic E-state index is 12.6. The molecular formula is C44H81NO8P+. The summed E-state index contributed by atoms with van der Waals surface area (Å²) in [5.41, 5.74) is 0. The number of nitrogens with zero attached hydrogens (tertiary/aromatic N) is 1. The summed E-state index contributed by atoms with van der Waals surface area (Å²) in [6.07, 6.45) is 41.6. The predicted molar refractivity (Wildman–Crippen MR) is 224 cm³/mol. The molecule has 0 aliphatic carbocycles. The summed E-state index contributed by atoms with van der Waals surface area (Å²) in [6.45, 7) is 4.32. The molecule has 0 aromatic rings. The van der Waals surface area contributed by atoms with Crippen molar-refractivity contribution in [2.24, 2.45) is 0 Å². The van der Waals surface area contributed by atoms with Crippen LogP contribution in [0.5, 0.6) is 0 Å². The van der Waals surface area contributed by atoms with Crippen molar-refractivity contribution in [3.63, 3.8) is 0 Å². The van der Waals surface area contributed by atoms with Crippen LogP contribution in [0.1, 0.15) is 168 Å². The normalized spacial score (nSPS) is 14.1. The van der Waals surface area contributed by atoms with Crippen molar-refractivity contribution in [3.05, 3.63) is 48.6 Å². The van der Waals surface area contributed by atoms with Crippen molar-refractivity contribution < 1.29 is 42.1 Å². The highest BCUT2D eigenvalue weighted by molar-refractivity contribution is 7.47. The molecule has 0 heterocycles. The van der Waals surface area contributed by atoms with Gasteiger partial charge < -0.3 is 18.9 Å². The van der Waals surface area contributed by atoms with E-state index < -0.39 is 26.5 Å². The summed E-state index contributed by atoms with van der Waals surface area (Å²) in [4.78, 5) is 35.3. The summed E-state index contributed by atoms with van der Waals surface area (Å²) >= 11 is 0. The van der Waals surface area contributed by atoms with Crippen LogP contribution >= 0.6 is 7.82 Å². The Balaban J connectivity index is 4.49. The number of phosphoric acid groups is 1. The highest BCUT2D eigenvalue weighted by atomic mass is 31.2. The molecule has 0 saturated carbocycles. The Kier molecular flexibility index (Phi) is 35.2.